The van der Waals surface area contributed by atoms with Crippen molar-refractivity contribution in [1.82, 2.24) is 5.32 Å². The summed E-state index contributed by atoms with van der Waals surface area (Å²) in [5.74, 6) is 0.712. The van der Waals surface area contributed by atoms with Gasteiger partial charge in [0.05, 0.1) is 17.3 Å². The minimum Gasteiger partial charge on any atom is -0.496 e. The molecule has 1 rings (SSSR count). The molecule has 0 saturated carbocycles. The fourth-order valence-electron chi connectivity index (χ4n) is 1.47. The summed E-state index contributed by atoms with van der Waals surface area (Å²) in [5.41, 5.74) is 0.517. The number of hydrogen-bond donors (Lipinski definition) is 2. The standard InChI is InChI=1S/C12H19BrN2O3S/c1-3-6-14-7-8-19(16,17)15-10-4-5-12(18-2)11(13)9-10/h4-5,9,14-15H,3,6-8H2,1-2H3. The molecular formula is C12H19BrN2O3S. The van der Waals surface area contributed by atoms with Crippen LogP contribution in [0.4, 0.5) is 5.69 Å². The van der Waals surface area contributed by atoms with Gasteiger partial charge in [-0.1, -0.05) is 6.92 Å². The lowest BCUT2D eigenvalue weighted by Crippen LogP contribution is -2.27. The Bertz CT molecular complexity index is 506. The summed E-state index contributed by atoms with van der Waals surface area (Å²) in [7, 11) is -1.77. The molecule has 0 amide bonds. The average Bonchev–Trinajstić information content (AvgIpc) is 2.34. The van der Waals surface area contributed by atoms with Gasteiger partial charge in [0.15, 0.2) is 0 Å². The molecule has 0 aromatic heterocycles. The summed E-state index contributed by atoms with van der Waals surface area (Å²) in [6.07, 6.45) is 0.985. The van der Waals surface area contributed by atoms with Crippen LogP contribution in [0, 0.1) is 0 Å². The third-order valence-corrected chi connectivity index (χ3v) is 4.31. The van der Waals surface area contributed by atoms with Gasteiger partial charge in [-0.15, -0.1) is 0 Å². The number of halogens is 1. The molecule has 108 valence electrons. The summed E-state index contributed by atoms with van der Waals surface area (Å²) < 4.78 is 32.0. The zero-order valence-corrected chi connectivity index (χ0v) is 13.5. The highest BCUT2D eigenvalue weighted by molar-refractivity contribution is 9.10. The Morgan fingerprint density at radius 3 is 2.63 bits per heavy atom. The van der Waals surface area contributed by atoms with Crippen molar-refractivity contribution < 1.29 is 13.2 Å². The Morgan fingerprint density at radius 2 is 2.05 bits per heavy atom. The molecule has 0 saturated heterocycles. The molecule has 19 heavy (non-hydrogen) atoms. The minimum atomic E-state index is -3.33. The van der Waals surface area contributed by atoms with Crippen LogP contribution in [0.25, 0.3) is 0 Å². The van der Waals surface area contributed by atoms with Crippen molar-refractivity contribution in [3.05, 3.63) is 22.7 Å². The van der Waals surface area contributed by atoms with Crippen LogP contribution < -0.4 is 14.8 Å². The highest BCUT2D eigenvalue weighted by atomic mass is 79.9. The maximum absolute atomic E-state index is 11.8. The van der Waals surface area contributed by atoms with Gasteiger partial charge in [-0.2, -0.15) is 0 Å². The van der Waals surface area contributed by atoms with Crippen LogP contribution in [0.2, 0.25) is 0 Å². The number of methoxy groups -OCH3 is 1. The highest BCUT2D eigenvalue weighted by Gasteiger charge is 2.11. The zero-order chi connectivity index (χ0) is 14.3. The van der Waals surface area contributed by atoms with Gasteiger partial charge in [-0.3, -0.25) is 4.72 Å². The molecule has 7 heteroatoms. The maximum Gasteiger partial charge on any atom is 0.233 e. The van der Waals surface area contributed by atoms with E-state index >= 15 is 0 Å². The first-order chi connectivity index (χ1) is 8.98. The van der Waals surface area contributed by atoms with Crippen LogP contribution in [0.1, 0.15) is 13.3 Å². The van der Waals surface area contributed by atoms with E-state index in [1.54, 1.807) is 25.3 Å². The zero-order valence-electron chi connectivity index (χ0n) is 11.1. The number of rotatable bonds is 8. The van der Waals surface area contributed by atoms with Crippen molar-refractivity contribution in [3.63, 3.8) is 0 Å². The summed E-state index contributed by atoms with van der Waals surface area (Å²) >= 11 is 3.32. The smallest absolute Gasteiger partial charge is 0.233 e. The van der Waals surface area contributed by atoms with Crippen LogP contribution >= 0.6 is 15.9 Å². The van der Waals surface area contributed by atoms with Crippen LogP contribution in [0.5, 0.6) is 5.75 Å². The lowest BCUT2D eigenvalue weighted by Gasteiger charge is -2.10. The van der Waals surface area contributed by atoms with Crippen LogP contribution in [0.3, 0.4) is 0 Å². The third-order valence-electron chi connectivity index (χ3n) is 2.40. The van der Waals surface area contributed by atoms with E-state index < -0.39 is 10.0 Å². The molecule has 1 aromatic rings. The summed E-state index contributed by atoms with van der Waals surface area (Å²) in [4.78, 5) is 0. The number of anilines is 1. The molecule has 2 N–H and O–H groups in total. The van der Waals surface area contributed by atoms with E-state index in [0.717, 1.165) is 13.0 Å². The second-order valence-electron chi connectivity index (χ2n) is 4.02. The number of hydrogen-bond acceptors (Lipinski definition) is 4. The Balaban J connectivity index is 2.60. The summed E-state index contributed by atoms with van der Waals surface area (Å²) in [5, 5.41) is 3.06. The van der Waals surface area contributed by atoms with Crippen molar-refractivity contribution in [2.24, 2.45) is 0 Å². The molecule has 0 fully saturated rings. The largest absolute Gasteiger partial charge is 0.496 e. The van der Waals surface area contributed by atoms with Gasteiger partial charge in [0.1, 0.15) is 5.75 Å². The second kappa shape index (κ2) is 7.72. The normalized spacial score (nSPS) is 11.3. The van der Waals surface area contributed by atoms with Gasteiger partial charge >= 0.3 is 0 Å². The molecule has 0 aliphatic carbocycles. The fraction of sp³-hybridized carbons (Fsp3) is 0.500. The Morgan fingerprint density at radius 1 is 1.32 bits per heavy atom. The van der Waals surface area contributed by atoms with Crippen LogP contribution in [-0.2, 0) is 10.0 Å². The molecule has 0 atom stereocenters. The van der Waals surface area contributed by atoms with Gasteiger partial charge < -0.3 is 10.1 Å². The maximum atomic E-state index is 11.8. The van der Waals surface area contributed by atoms with E-state index in [0.29, 0.717) is 22.5 Å². The van der Waals surface area contributed by atoms with Gasteiger partial charge in [-0.05, 0) is 47.1 Å². The van der Waals surface area contributed by atoms with E-state index in [4.69, 9.17) is 4.74 Å². The van der Waals surface area contributed by atoms with Gasteiger partial charge in [0, 0.05) is 12.2 Å². The van der Waals surface area contributed by atoms with E-state index in [9.17, 15) is 8.42 Å². The SMILES string of the molecule is CCCNCCS(=O)(=O)Nc1ccc(OC)c(Br)c1. The molecule has 0 spiro atoms. The first kappa shape index (κ1) is 16.3. The monoisotopic (exact) mass is 350 g/mol. The first-order valence-corrected chi connectivity index (χ1v) is 8.47. The number of benzene rings is 1. The number of sulfonamides is 1. The van der Waals surface area contributed by atoms with E-state index in [-0.39, 0.29) is 5.75 Å². The summed E-state index contributed by atoms with van der Waals surface area (Å²) in [6.45, 7) is 3.30. The van der Waals surface area contributed by atoms with Gasteiger partial charge in [0.2, 0.25) is 10.0 Å². The molecule has 0 aliphatic heterocycles. The highest BCUT2D eigenvalue weighted by Crippen LogP contribution is 2.28. The average molecular weight is 351 g/mol. The molecule has 0 bridgehead atoms. The second-order valence-corrected chi connectivity index (χ2v) is 6.72. The predicted octanol–water partition coefficient (Wildman–Crippen LogP) is 2.20. The molecule has 1 aromatic carbocycles. The van der Waals surface area contributed by atoms with Crippen molar-refractivity contribution >= 4 is 31.6 Å². The molecular weight excluding hydrogens is 332 g/mol. The number of nitrogens with one attached hydrogen (secondary N) is 2. The Kier molecular flexibility index (Phi) is 6.60. The van der Waals surface area contributed by atoms with E-state index in [1.165, 1.54) is 0 Å². The Labute approximate surface area is 122 Å². The third kappa shape index (κ3) is 5.80. The molecule has 5 nitrogen and oxygen atoms in total. The molecule has 0 unspecified atom stereocenters. The van der Waals surface area contributed by atoms with Gasteiger partial charge in [-0.25, -0.2) is 8.42 Å². The molecule has 0 heterocycles. The van der Waals surface area contributed by atoms with E-state index in [1.807, 2.05) is 6.92 Å². The van der Waals surface area contributed by atoms with Crippen molar-refractivity contribution in [2.45, 2.75) is 13.3 Å². The molecule has 0 radical (unpaired) electrons. The van der Waals surface area contributed by atoms with E-state index in [2.05, 4.69) is 26.0 Å². The van der Waals surface area contributed by atoms with Gasteiger partial charge in [0.25, 0.3) is 0 Å². The van der Waals surface area contributed by atoms with Crippen molar-refractivity contribution in [2.75, 3.05) is 30.7 Å². The minimum absolute atomic E-state index is 0.0522. The topological polar surface area (TPSA) is 67.4 Å². The lowest BCUT2D eigenvalue weighted by molar-refractivity contribution is 0.412. The fourth-order valence-corrected chi connectivity index (χ4v) is 3.01. The quantitative estimate of drug-likeness (QED) is 0.705. The Hall–Kier alpha value is -0.790. The van der Waals surface area contributed by atoms with Crippen molar-refractivity contribution in [1.29, 1.82) is 0 Å². The lowest BCUT2D eigenvalue weighted by atomic mass is 10.3. The predicted molar refractivity (Wildman–Crippen MR) is 81.3 cm³/mol. The summed E-state index contributed by atoms with van der Waals surface area (Å²) in [6, 6.07) is 5.05. The first-order valence-electron chi connectivity index (χ1n) is 6.03. The molecule has 0 aliphatic rings. The van der Waals surface area contributed by atoms with Crippen molar-refractivity contribution in [3.8, 4) is 5.75 Å². The number of ether oxygens (including phenoxy) is 1. The van der Waals surface area contributed by atoms with Crippen LogP contribution in [-0.4, -0.2) is 34.4 Å². The van der Waals surface area contributed by atoms with Crippen LogP contribution in [0.15, 0.2) is 22.7 Å².